The van der Waals surface area contributed by atoms with Crippen LogP contribution in [-0.2, 0) is 13.0 Å². The van der Waals surface area contributed by atoms with Crippen LogP contribution in [0.1, 0.15) is 11.3 Å². The lowest BCUT2D eigenvalue weighted by molar-refractivity contribution is 0.414. The Morgan fingerprint density at radius 2 is 1.97 bits per heavy atom. The zero-order valence-corrected chi connectivity index (χ0v) is 18.2. The van der Waals surface area contributed by atoms with Gasteiger partial charge in [-0.2, -0.15) is 0 Å². The van der Waals surface area contributed by atoms with Crippen LogP contribution in [0.25, 0.3) is 21.9 Å². The first-order chi connectivity index (χ1) is 15.7. The molecule has 8 heteroatoms. The van der Waals surface area contributed by atoms with E-state index in [1.165, 1.54) is 0 Å². The molecule has 0 amide bonds. The summed E-state index contributed by atoms with van der Waals surface area (Å²) in [5, 5.41) is 5.90. The summed E-state index contributed by atoms with van der Waals surface area (Å²) < 4.78 is 7.23. The Kier molecular flexibility index (Phi) is 5.56. The molecule has 0 saturated heterocycles. The van der Waals surface area contributed by atoms with Gasteiger partial charge in [0.15, 0.2) is 11.5 Å². The highest BCUT2D eigenvalue weighted by atomic mass is 35.5. The normalized spacial score (nSPS) is 11.2. The zero-order valence-electron chi connectivity index (χ0n) is 17.4. The molecule has 0 bridgehead atoms. The van der Waals surface area contributed by atoms with Gasteiger partial charge in [0.2, 0.25) is 0 Å². The van der Waals surface area contributed by atoms with Gasteiger partial charge in [0.05, 0.1) is 31.2 Å². The van der Waals surface area contributed by atoms with E-state index in [1.54, 1.807) is 19.8 Å². The molecule has 32 heavy (non-hydrogen) atoms. The number of methoxy groups -OCH3 is 1. The first-order valence-electron chi connectivity index (χ1n) is 10.2. The molecular weight excluding hydrogens is 424 g/mol. The number of halogens is 1. The van der Waals surface area contributed by atoms with E-state index in [2.05, 4.69) is 31.4 Å². The van der Waals surface area contributed by atoms with E-state index in [1.807, 2.05) is 53.1 Å². The van der Waals surface area contributed by atoms with Crippen molar-refractivity contribution in [3.8, 4) is 5.75 Å². The molecule has 3 aromatic heterocycles. The summed E-state index contributed by atoms with van der Waals surface area (Å²) in [6.45, 7) is 1.32. The van der Waals surface area contributed by atoms with Gasteiger partial charge in [-0.05, 0) is 35.2 Å². The van der Waals surface area contributed by atoms with Gasteiger partial charge in [0, 0.05) is 24.0 Å². The fraction of sp³-hybridized carbons (Fsp3) is 0.167. The Hall–Kier alpha value is -3.71. The average molecular weight is 444 g/mol. The molecule has 0 aliphatic heterocycles. The van der Waals surface area contributed by atoms with Crippen molar-refractivity contribution < 1.29 is 4.74 Å². The predicted molar refractivity (Wildman–Crippen MR) is 125 cm³/mol. The molecule has 1 radical (unpaired) electrons. The van der Waals surface area contributed by atoms with Gasteiger partial charge in [-0.1, -0.05) is 35.9 Å². The fourth-order valence-corrected chi connectivity index (χ4v) is 3.83. The Morgan fingerprint density at radius 3 is 2.81 bits per heavy atom. The van der Waals surface area contributed by atoms with Gasteiger partial charge in [0.1, 0.15) is 17.6 Å². The minimum atomic E-state index is 0.657. The monoisotopic (exact) mass is 443 g/mol. The number of aromatic nitrogens is 5. The van der Waals surface area contributed by atoms with Crippen molar-refractivity contribution in [2.24, 2.45) is 0 Å². The fourth-order valence-electron chi connectivity index (χ4n) is 3.61. The SMILES string of the molecule is COc1ccc(Cn2cnc3c(NCCc4cc5cccc(Cl)c5[c]n4)ncnc32)cc1. The summed E-state index contributed by atoms with van der Waals surface area (Å²) in [4.78, 5) is 17.8. The molecule has 3 heterocycles. The van der Waals surface area contributed by atoms with E-state index < -0.39 is 0 Å². The molecule has 0 aliphatic carbocycles. The van der Waals surface area contributed by atoms with E-state index in [0.717, 1.165) is 45.4 Å². The quantitative estimate of drug-likeness (QED) is 0.398. The number of nitrogens with one attached hydrogen (secondary N) is 1. The van der Waals surface area contributed by atoms with E-state index in [9.17, 15) is 0 Å². The van der Waals surface area contributed by atoms with Crippen molar-refractivity contribution in [3.63, 3.8) is 0 Å². The van der Waals surface area contributed by atoms with Crippen molar-refractivity contribution in [2.45, 2.75) is 13.0 Å². The molecule has 159 valence electrons. The van der Waals surface area contributed by atoms with E-state index >= 15 is 0 Å². The molecule has 2 aromatic carbocycles. The van der Waals surface area contributed by atoms with Crippen LogP contribution < -0.4 is 10.1 Å². The number of imidazole rings is 1. The number of anilines is 1. The van der Waals surface area contributed by atoms with Crippen molar-refractivity contribution in [1.82, 2.24) is 24.5 Å². The van der Waals surface area contributed by atoms with E-state index in [-0.39, 0.29) is 0 Å². The molecule has 7 nitrogen and oxygen atoms in total. The Bertz CT molecular complexity index is 1380. The molecule has 1 N–H and O–H groups in total. The molecule has 0 aliphatic rings. The summed E-state index contributed by atoms with van der Waals surface area (Å²) in [5.41, 5.74) is 3.59. The van der Waals surface area contributed by atoms with Crippen molar-refractivity contribution in [1.29, 1.82) is 0 Å². The third-order valence-electron chi connectivity index (χ3n) is 5.27. The maximum Gasteiger partial charge on any atom is 0.165 e. The third kappa shape index (κ3) is 4.07. The lowest BCUT2D eigenvalue weighted by Gasteiger charge is -2.08. The number of hydrogen-bond acceptors (Lipinski definition) is 6. The van der Waals surface area contributed by atoms with Crippen LogP contribution in [0.2, 0.25) is 5.02 Å². The minimum Gasteiger partial charge on any atom is -0.497 e. The summed E-state index contributed by atoms with van der Waals surface area (Å²) in [5.74, 6) is 1.54. The van der Waals surface area contributed by atoms with Gasteiger partial charge >= 0.3 is 0 Å². The second-order valence-electron chi connectivity index (χ2n) is 7.36. The Morgan fingerprint density at radius 1 is 1.09 bits per heavy atom. The maximum absolute atomic E-state index is 6.20. The number of pyridine rings is 1. The number of benzene rings is 2. The van der Waals surface area contributed by atoms with Crippen LogP contribution in [0.15, 0.2) is 61.2 Å². The molecule has 0 saturated carbocycles. The average Bonchev–Trinajstić information content (AvgIpc) is 3.23. The molecular formula is C24H20ClN6O. The van der Waals surface area contributed by atoms with Crippen LogP contribution in [-0.4, -0.2) is 38.2 Å². The number of ether oxygens (including phenoxy) is 1. The van der Waals surface area contributed by atoms with Gasteiger partial charge in [-0.15, -0.1) is 0 Å². The van der Waals surface area contributed by atoms with Crippen LogP contribution >= 0.6 is 11.6 Å². The lowest BCUT2D eigenvalue weighted by Crippen LogP contribution is -2.08. The highest BCUT2D eigenvalue weighted by Crippen LogP contribution is 2.23. The van der Waals surface area contributed by atoms with Crippen molar-refractivity contribution >= 4 is 39.4 Å². The number of rotatable bonds is 7. The third-order valence-corrected chi connectivity index (χ3v) is 5.58. The molecule has 5 aromatic rings. The number of hydrogen-bond donors (Lipinski definition) is 1. The smallest absolute Gasteiger partial charge is 0.165 e. The van der Waals surface area contributed by atoms with Gasteiger partial charge in [-0.25, -0.2) is 15.0 Å². The summed E-state index contributed by atoms with van der Waals surface area (Å²) in [6.07, 6.45) is 7.11. The molecule has 0 fully saturated rings. The van der Waals surface area contributed by atoms with Crippen LogP contribution in [0.4, 0.5) is 5.82 Å². The lowest BCUT2D eigenvalue weighted by atomic mass is 10.1. The second-order valence-corrected chi connectivity index (χ2v) is 7.76. The topological polar surface area (TPSA) is 77.8 Å². The van der Waals surface area contributed by atoms with Crippen molar-refractivity contribution in [3.05, 3.63) is 83.7 Å². The maximum atomic E-state index is 6.20. The van der Waals surface area contributed by atoms with Crippen LogP contribution in [0.5, 0.6) is 5.75 Å². The highest BCUT2D eigenvalue weighted by Gasteiger charge is 2.11. The van der Waals surface area contributed by atoms with Crippen LogP contribution in [0, 0.1) is 6.20 Å². The van der Waals surface area contributed by atoms with E-state index in [0.29, 0.717) is 23.9 Å². The number of nitrogens with zero attached hydrogens (tertiary/aromatic N) is 5. The van der Waals surface area contributed by atoms with Crippen molar-refractivity contribution in [2.75, 3.05) is 19.0 Å². The highest BCUT2D eigenvalue weighted by molar-refractivity contribution is 6.35. The molecule has 0 atom stereocenters. The minimum absolute atomic E-state index is 0.657. The second kappa shape index (κ2) is 8.80. The van der Waals surface area contributed by atoms with Gasteiger partial charge in [0.25, 0.3) is 0 Å². The van der Waals surface area contributed by atoms with Gasteiger partial charge < -0.3 is 14.6 Å². The first kappa shape index (κ1) is 20.2. The number of fused-ring (bicyclic) bond motifs is 2. The standard InChI is InChI=1S/C24H20ClN6O/c1-32-19-7-5-16(6-8-19)13-31-15-30-22-23(28-14-29-24(22)31)26-10-9-18-11-17-3-2-4-21(25)20(17)12-27-18/h2-8,11,14-15H,9-10,13H2,1H3,(H,26,28,29). The van der Waals surface area contributed by atoms with Crippen LogP contribution in [0.3, 0.4) is 0 Å². The van der Waals surface area contributed by atoms with Gasteiger partial charge in [-0.3, -0.25) is 4.98 Å². The predicted octanol–water partition coefficient (Wildman–Crippen LogP) is 4.54. The molecule has 0 unspecified atom stereocenters. The first-order valence-corrected chi connectivity index (χ1v) is 10.6. The Balaban J connectivity index is 1.29. The molecule has 0 spiro atoms. The summed E-state index contributed by atoms with van der Waals surface area (Å²) in [6, 6.07) is 15.8. The Labute approximate surface area is 190 Å². The van der Waals surface area contributed by atoms with E-state index in [4.69, 9.17) is 16.3 Å². The zero-order chi connectivity index (χ0) is 21.9. The summed E-state index contributed by atoms with van der Waals surface area (Å²) >= 11 is 6.20. The molecule has 5 rings (SSSR count). The summed E-state index contributed by atoms with van der Waals surface area (Å²) in [7, 11) is 1.66. The largest absolute Gasteiger partial charge is 0.497 e.